The fourth-order valence-corrected chi connectivity index (χ4v) is 2.63. The van der Waals surface area contributed by atoms with Crippen LogP contribution in [-0.4, -0.2) is 28.9 Å². The fraction of sp³-hybridized carbons (Fsp3) is 0.158. The lowest BCUT2D eigenvalue weighted by Gasteiger charge is -2.23. The van der Waals surface area contributed by atoms with Gasteiger partial charge in [0.1, 0.15) is 18.4 Å². The third kappa shape index (κ3) is 4.69. The molecule has 3 amide bonds. The molecule has 8 nitrogen and oxygen atoms in total. The molecule has 0 radical (unpaired) electrons. The molecule has 2 aromatic rings. The van der Waals surface area contributed by atoms with E-state index in [4.69, 9.17) is 4.74 Å². The summed E-state index contributed by atoms with van der Waals surface area (Å²) < 4.78 is 5.69. The van der Waals surface area contributed by atoms with Crippen molar-refractivity contribution in [2.75, 3.05) is 0 Å². The minimum absolute atomic E-state index is 0.448. The number of nitrogens with one attached hydrogen (secondary N) is 2. The first-order valence-electron chi connectivity index (χ1n) is 8.23. The van der Waals surface area contributed by atoms with Gasteiger partial charge in [-0.05, 0) is 23.3 Å². The number of carbonyl (C=O) groups is 2. The second-order valence-electron chi connectivity index (χ2n) is 5.92. The van der Waals surface area contributed by atoms with Crippen molar-refractivity contribution >= 4 is 18.0 Å². The first kappa shape index (κ1) is 18.1. The van der Waals surface area contributed by atoms with Gasteiger partial charge in [-0.3, -0.25) is 20.2 Å². The van der Waals surface area contributed by atoms with Crippen LogP contribution < -0.4 is 15.4 Å². The van der Waals surface area contributed by atoms with Gasteiger partial charge in [-0.1, -0.05) is 54.6 Å². The Hall–Kier alpha value is -3.68. The standard InChI is InChI=1S/C19H17N3O5/c23-18-17(22(25)26)16(20-19(24)21-18)11-8-13-6-9-15(10-7-13)27-12-14-4-2-1-3-5-14/h1-11,16-17H,12H2,(H2,20,21,23,24)/b11-8+/t16-,17+/m0/s1. The molecule has 0 unspecified atom stereocenters. The van der Waals surface area contributed by atoms with Crippen LogP contribution in [0.15, 0.2) is 60.7 Å². The maximum absolute atomic E-state index is 11.6. The molecule has 1 saturated heterocycles. The molecule has 2 atom stereocenters. The van der Waals surface area contributed by atoms with Crippen LogP contribution in [0.5, 0.6) is 5.75 Å². The first-order valence-corrected chi connectivity index (χ1v) is 8.23. The van der Waals surface area contributed by atoms with Gasteiger partial charge in [0.05, 0.1) is 0 Å². The molecule has 0 aliphatic carbocycles. The predicted molar refractivity (Wildman–Crippen MR) is 97.5 cm³/mol. The van der Waals surface area contributed by atoms with Gasteiger partial charge in [0.15, 0.2) is 0 Å². The van der Waals surface area contributed by atoms with Crippen molar-refractivity contribution in [1.82, 2.24) is 10.6 Å². The van der Waals surface area contributed by atoms with E-state index in [0.717, 1.165) is 11.1 Å². The summed E-state index contributed by atoms with van der Waals surface area (Å²) in [6.07, 6.45) is 3.05. The quantitative estimate of drug-likeness (QED) is 0.600. The van der Waals surface area contributed by atoms with E-state index >= 15 is 0 Å². The van der Waals surface area contributed by atoms with Crippen molar-refractivity contribution in [3.8, 4) is 5.75 Å². The molecule has 0 aromatic heterocycles. The number of amides is 3. The molecule has 138 valence electrons. The largest absolute Gasteiger partial charge is 0.489 e. The van der Waals surface area contributed by atoms with E-state index in [9.17, 15) is 19.7 Å². The number of hydrogen-bond donors (Lipinski definition) is 2. The molecule has 27 heavy (non-hydrogen) atoms. The monoisotopic (exact) mass is 367 g/mol. The minimum atomic E-state index is -1.56. The Balaban J connectivity index is 1.63. The van der Waals surface area contributed by atoms with Gasteiger partial charge in [-0.2, -0.15) is 0 Å². The van der Waals surface area contributed by atoms with Crippen LogP contribution in [0.4, 0.5) is 4.79 Å². The normalized spacial score (nSPS) is 19.4. The lowest BCUT2D eigenvalue weighted by atomic mass is 10.0. The summed E-state index contributed by atoms with van der Waals surface area (Å²) >= 11 is 0. The van der Waals surface area contributed by atoms with Crippen molar-refractivity contribution < 1.29 is 19.2 Å². The molecule has 1 aliphatic rings. The minimum Gasteiger partial charge on any atom is -0.489 e. The Labute approximate surface area is 155 Å². The van der Waals surface area contributed by atoms with Gasteiger partial charge in [0, 0.05) is 4.92 Å². The van der Waals surface area contributed by atoms with E-state index in [2.05, 4.69) is 5.32 Å². The summed E-state index contributed by atoms with van der Waals surface area (Å²) in [5.41, 5.74) is 1.81. The number of hydrogen-bond acceptors (Lipinski definition) is 5. The zero-order valence-corrected chi connectivity index (χ0v) is 14.2. The number of benzene rings is 2. The van der Waals surface area contributed by atoms with Gasteiger partial charge in [-0.25, -0.2) is 4.79 Å². The van der Waals surface area contributed by atoms with Crippen LogP contribution in [-0.2, 0) is 11.4 Å². The molecule has 3 rings (SSSR count). The van der Waals surface area contributed by atoms with Crippen LogP contribution in [0, 0.1) is 10.1 Å². The van der Waals surface area contributed by atoms with E-state index in [0.29, 0.717) is 12.4 Å². The SMILES string of the molecule is O=C1NC(=O)[C@H]([N+](=O)[O-])[C@H](/C=C/c2ccc(OCc3ccccc3)cc2)N1. The predicted octanol–water partition coefficient (Wildman–Crippen LogP) is 2.13. The fourth-order valence-electron chi connectivity index (χ4n) is 2.63. The summed E-state index contributed by atoms with van der Waals surface area (Å²) in [7, 11) is 0. The molecule has 2 aromatic carbocycles. The Morgan fingerprint density at radius 2 is 1.78 bits per heavy atom. The molecule has 1 aliphatic heterocycles. The van der Waals surface area contributed by atoms with E-state index in [1.165, 1.54) is 6.08 Å². The summed E-state index contributed by atoms with van der Waals surface area (Å²) in [4.78, 5) is 33.4. The van der Waals surface area contributed by atoms with Gasteiger partial charge < -0.3 is 10.1 Å². The van der Waals surface area contributed by atoms with Crippen LogP contribution >= 0.6 is 0 Å². The van der Waals surface area contributed by atoms with Crippen LogP contribution in [0.1, 0.15) is 11.1 Å². The number of rotatable bonds is 6. The van der Waals surface area contributed by atoms with Crippen molar-refractivity contribution in [3.63, 3.8) is 0 Å². The second kappa shape index (κ2) is 8.13. The Kier molecular flexibility index (Phi) is 5.46. The zero-order chi connectivity index (χ0) is 19.2. The van der Waals surface area contributed by atoms with Gasteiger partial charge >= 0.3 is 18.0 Å². The Morgan fingerprint density at radius 1 is 1.07 bits per heavy atom. The van der Waals surface area contributed by atoms with Crippen LogP contribution in [0.2, 0.25) is 0 Å². The van der Waals surface area contributed by atoms with E-state index in [1.54, 1.807) is 30.3 Å². The lowest BCUT2D eigenvalue weighted by Crippen LogP contribution is -2.62. The van der Waals surface area contributed by atoms with Crippen LogP contribution in [0.3, 0.4) is 0 Å². The van der Waals surface area contributed by atoms with Crippen molar-refractivity contribution in [2.24, 2.45) is 0 Å². The molecule has 0 saturated carbocycles. The van der Waals surface area contributed by atoms with Crippen molar-refractivity contribution in [2.45, 2.75) is 18.7 Å². The van der Waals surface area contributed by atoms with E-state index in [1.807, 2.05) is 35.6 Å². The van der Waals surface area contributed by atoms with E-state index in [-0.39, 0.29) is 0 Å². The Morgan fingerprint density at radius 3 is 2.44 bits per heavy atom. The third-order valence-electron chi connectivity index (χ3n) is 3.99. The Bertz CT molecular complexity index is 865. The zero-order valence-electron chi connectivity index (χ0n) is 14.2. The highest BCUT2D eigenvalue weighted by Gasteiger charge is 2.43. The average molecular weight is 367 g/mol. The molecular weight excluding hydrogens is 350 g/mol. The number of carbonyl (C=O) groups excluding carboxylic acids is 2. The molecule has 8 heteroatoms. The third-order valence-corrected chi connectivity index (χ3v) is 3.99. The van der Waals surface area contributed by atoms with Gasteiger partial charge in [-0.15, -0.1) is 0 Å². The van der Waals surface area contributed by atoms with Crippen molar-refractivity contribution in [3.05, 3.63) is 81.9 Å². The summed E-state index contributed by atoms with van der Waals surface area (Å²) in [6, 6.07) is 13.5. The van der Waals surface area contributed by atoms with Gasteiger partial charge in [0.25, 0.3) is 0 Å². The summed E-state index contributed by atoms with van der Waals surface area (Å²) in [5, 5.41) is 15.3. The molecule has 1 fully saturated rings. The number of urea groups is 1. The smallest absolute Gasteiger partial charge is 0.322 e. The summed E-state index contributed by atoms with van der Waals surface area (Å²) in [5.74, 6) is -0.243. The average Bonchev–Trinajstić information content (AvgIpc) is 2.65. The highest BCUT2D eigenvalue weighted by molar-refractivity contribution is 6.00. The molecule has 0 bridgehead atoms. The van der Waals surface area contributed by atoms with E-state index < -0.39 is 28.9 Å². The van der Waals surface area contributed by atoms with Crippen molar-refractivity contribution in [1.29, 1.82) is 0 Å². The summed E-state index contributed by atoms with van der Waals surface area (Å²) in [6.45, 7) is 0.448. The highest BCUT2D eigenvalue weighted by Crippen LogP contribution is 2.16. The maximum atomic E-state index is 11.6. The first-order chi connectivity index (χ1) is 13.0. The maximum Gasteiger partial charge on any atom is 0.322 e. The van der Waals surface area contributed by atoms with Crippen LogP contribution in [0.25, 0.3) is 6.08 Å². The number of nitrogens with zero attached hydrogens (tertiary/aromatic N) is 1. The lowest BCUT2D eigenvalue weighted by molar-refractivity contribution is -0.510. The molecule has 0 spiro atoms. The molecular formula is C19H17N3O5. The second-order valence-corrected chi connectivity index (χ2v) is 5.92. The number of imide groups is 1. The highest BCUT2D eigenvalue weighted by atomic mass is 16.6. The molecule has 1 heterocycles. The number of nitro groups is 1. The number of ether oxygens (including phenoxy) is 1. The van der Waals surface area contributed by atoms with Gasteiger partial charge in [0.2, 0.25) is 0 Å². The molecule has 2 N–H and O–H groups in total. The topological polar surface area (TPSA) is 111 Å².